The highest BCUT2D eigenvalue weighted by Gasteiger charge is 2.09. The molecule has 92 valence electrons. The van der Waals surface area contributed by atoms with Gasteiger partial charge in [-0.05, 0) is 31.4 Å². The molecular formula is C14H20N2O. The molecule has 0 aliphatic rings. The van der Waals surface area contributed by atoms with E-state index in [1.54, 1.807) is 0 Å². The first-order valence-corrected chi connectivity index (χ1v) is 6.14. The molecule has 0 aliphatic heterocycles. The van der Waals surface area contributed by atoms with Crippen molar-refractivity contribution < 1.29 is 5.11 Å². The Labute approximate surface area is 103 Å². The molecule has 1 aromatic rings. The molecule has 2 N–H and O–H groups in total. The van der Waals surface area contributed by atoms with Crippen LogP contribution in [-0.4, -0.2) is 18.3 Å². The zero-order chi connectivity index (χ0) is 12.3. The van der Waals surface area contributed by atoms with Crippen LogP contribution in [0.1, 0.15) is 37.3 Å². The number of nitriles is 1. The predicted octanol–water partition coefficient (Wildman–Crippen LogP) is 2.39. The standard InChI is InChI=1S/C14H20N2O/c15-10-4-5-11-16-14(9-6-12-17)13-7-2-1-3-8-13/h1-3,7-8,14,16-17H,4-6,9,11-12H2. The molecule has 1 unspecified atom stereocenters. The van der Waals surface area contributed by atoms with Crippen LogP contribution in [0.3, 0.4) is 0 Å². The highest BCUT2D eigenvalue weighted by atomic mass is 16.2. The van der Waals surface area contributed by atoms with Gasteiger partial charge < -0.3 is 10.4 Å². The van der Waals surface area contributed by atoms with Crippen LogP contribution in [0.4, 0.5) is 0 Å². The summed E-state index contributed by atoms with van der Waals surface area (Å²) in [4.78, 5) is 0. The van der Waals surface area contributed by atoms with Gasteiger partial charge in [0.1, 0.15) is 0 Å². The van der Waals surface area contributed by atoms with E-state index in [2.05, 4.69) is 23.5 Å². The van der Waals surface area contributed by atoms with Gasteiger partial charge in [-0.3, -0.25) is 0 Å². The number of nitrogens with zero attached hydrogens (tertiary/aromatic N) is 1. The Morgan fingerprint density at radius 1 is 1.24 bits per heavy atom. The van der Waals surface area contributed by atoms with Gasteiger partial charge in [-0.2, -0.15) is 5.26 Å². The maximum Gasteiger partial charge on any atom is 0.0622 e. The molecule has 1 rings (SSSR count). The molecule has 0 amide bonds. The van der Waals surface area contributed by atoms with Crippen LogP contribution in [-0.2, 0) is 0 Å². The number of unbranched alkanes of at least 4 members (excludes halogenated alkanes) is 1. The number of nitrogens with one attached hydrogen (secondary N) is 1. The number of rotatable bonds is 8. The Kier molecular flexibility index (Phi) is 7.04. The topological polar surface area (TPSA) is 56.0 Å². The normalized spacial score (nSPS) is 12.0. The van der Waals surface area contributed by atoms with Gasteiger partial charge in [0.2, 0.25) is 0 Å². The summed E-state index contributed by atoms with van der Waals surface area (Å²) in [5, 5.41) is 20.8. The van der Waals surface area contributed by atoms with Crippen molar-refractivity contribution in [3.05, 3.63) is 35.9 Å². The van der Waals surface area contributed by atoms with Gasteiger partial charge in [-0.1, -0.05) is 30.3 Å². The van der Waals surface area contributed by atoms with Crippen LogP contribution in [0.5, 0.6) is 0 Å². The molecule has 0 spiro atoms. The van der Waals surface area contributed by atoms with E-state index in [0.717, 1.165) is 25.8 Å². The van der Waals surface area contributed by atoms with Crippen molar-refractivity contribution in [2.45, 2.75) is 31.7 Å². The number of benzene rings is 1. The third kappa shape index (κ3) is 5.48. The summed E-state index contributed by atoms with van der Waals surface area (Å²) in [7, 11) is 0. The number of hydrogen-bond donors (Lipinski definition) is 2. The summed E-state index contributed by atoms with van der Waals surface area (Å²) >= 11 is 0. The highest BCUT2D eigenvalue weighted by molar-refractivity contribution is 5.18. The van der Waals surface area contributed by atoms with E-state index in [1.165, 1.54) is 5.56 Å². The molecule has 1 atom stereocenters. The minimum atomic E-state index is 0.225. The van der Waals surface area contributed by atoms with E-state index < -0.39 is 0 Å². The van der Waals surface area contributed by atoms with Crippen molar-refractivity contribution in [2.24, 2.45) is 0 Å². The quantitative estimate of drug-likeness (QED) is 0.677. The molecule has 17 heavy (non-hydrogen) atoms. The van der Waals surface area contributed by atoms with Gasteiger partial charge in [0, 0.05) is 19.1 Å². The van der Waals surface area contributed by atoms with Gasteiger partial charge >= 0.3 is 0 Å². The zero-order valence-corrected chi connectivity index (χ0v) is 10.1. The lowest BCUT2D eigenvalue weighted by Gasteiger charge is -2.18. The van der Waals surface area contributed by atoms with Crippen LogP contribution < -0.4 is 5.32 Å². The van der Waals surface area contributed by atoms with Crippen LogP contribution in [0.25, 0.3) is 0 Å². The first-order valence-electron chi connectivity index (χ1n) is 6.14. The van der Waals surface area contributed by atoms with Crippen LogP contribution in [0.2, 0.25) is 0 Å². The largest absolute Gasteiger partial charge is 0.396 e. The molecule has 0 saturated carbocycles. The van der Waals surface area contributed by atoms with E-state index in [9.17, 15) is 0 Å². The molecule has 0 radical (unpaired) electrons. The highest BCUT2D eigenvalue weighted by Crippen LogP contribution is 2.17. The Bertz CT molecular complexity index is 332. The summed E-state index contributed by atoms with van der Waals surface area (Å²) in [5.41, 5.74) is 1.25. The fourth-order valence-electron chi connectivity index (χ4n) is 1.81. The molecule has 0 saturated heterocycles. The fraction of sp³-hybridized carbons (Fsp3) is 0.500. The molecule has 3 nitrogen and oxygen atoms in total. The lowest BCUT2D eigenvalue weighted by Crippen LogP contribution is -2.22. The maximum atomic E-state index is 8.90. The van der Waals surface area contributed by atoms with Gasteiger partial charge in [-0.25, -0.2) is 0 Å². The van der Waals surface area contributed by atoms with Gasteiger partial charge in [0.25, 0.3) is 0 Å². The van der Waals surface area contributed by atoms with E-state index in [1.807, 2.05) is 18.2 Å². The maximum absolute atomic E-state index is 8.90. The first-order chi connectivity index (χ1) is 8.38. The molecule has 0 bridgehead atoms. The first kappa shape index (κ1) is 13.7. The Balaban J connectivity index is 2.46. The smallest absolute Gasteiger partial charge is 0.0622 e. The second kappa shape index (κ2) is 8.74. The number of hydrogen-bond acceptors (Lipinski definition) is 3. The SMILES string of the molecule is N#CCCCNC(CCCO)c1ccccc1. The molecule has 0 aromatic heterocycles. The van der Waals surface area contributed by atoms with Crippen LogP contribution in [0, 0.1) is 11.3 Å². The average molecular weight is 232 g/mol. The molecule has 0 heterocycles. The summed E-state index contributed by atoms with van der Waals surface area (Å²) < 4.78 is 0. The summed E-state index contributed by atoms with van der Waals surface area (Å²) in [5.74, 6) is 0. The van der Waals surface area contributed by atoms with E-state index in [4.69, 9.17) is 10.4 Å². The Morgan fingerprint density at radius 3 is 2.65 bits per heavy atom. The second-order valence-corrected chi connectivity index (χ2v) is 4.04. The van der Waals surface area contributed by atoms with Crippen molar-refractivity contribution in [2.75, 3.05) is 13.2 Å². The third-order valence-corrected chi connectivity index (χ3v) is 2.71. The third-order valence-electron chi connectivity index (χ3n) is 2.71. The molecule has 0 aliphatic carbocycles. The van der Waals surface area contributed by atoms with Crippen molar-refractivity contribution in [3.63, 3.8) is 0 Å². The minimum absolute atomic E-state index is 0.225. The Hall–Kier alpha value is -1.37. The zero-order valence-electron chi connectivity index (χ0n) is 10.1. The van der Waals surface area contributed by atoms with Gasteiger partial charge in [0.15, 0.2) is 0 Å². The molecule has 0 fully saturated rings. The monoisotopic (exact) mass is 232 g/mol. The van der Waals surface area contributed by atoms with E-state index in [0.29, 0.717) is 6.42 Å². The predicted molar refractivity (Wildman–Crippen MR) is 68.4 cm³/mol. The Morgan fingerprint density at radius 2 is 2.00 bits per heavy atom. The lowest BCUT2D eigenvalue weighted by molar-refractivity contribution is 0.275. The van der Waals surface area contributed by atoms with Crippen LogP contribution in [0.15, 0.2) is 30.3 Å². The average Bonchev–Trinajstić information content (AvgIpc) is 2.39. The van der Waals surface area contributed by atoms with Crippen molar-refractivity contribution in [1.29, 1.82) is 5.26 Å². The minimum Gasteiger partial charge on any atom is -0.396 e. The van der Waals surface area contributed by atoms with Gasteiger partial charge in [0.05, 0.1) is 6.07 Å². The van der Waals surface area contributed by atoms with Crippen molar-refractivity contribution in [3.8, 4) is 6.07 Å². The number of aliphatic hydroxyl groups is 1. The van der Waals surface area contributed by atoms with E-state index >= 15 is 0 Å². The van der Waals surface area contributed by atoms with Gasteiger partial charge in [-0.15, -0.1) is 0 Å². The summed E-state index contributed by atoms with van der Waals surface area (Å²) in [6, 6.07) is 12.7. The molecule has 1 aromatic carbocycles. The van der Waals surface area contributed by atoms with Crippen molar-refractivity contribution in [1.82, 2.24) is 5.32 Å². The molecule has 3 heteroatoms. The lowest BCUT2D eigenvalue weighted by atomic mass is 10.0. The van der Waals surface area contributed by atoms with E-state index in [-0.39, 0.29) is 12.6 Å². The summed E-state index contributed by atoms with van der Waals surface area (Å²) in [6.45, 7) is 1.07. The fourth-order valence-corrected chi connectivity index (χ4v) is 1.81. The second-order valence-electron chi connectivity index (χ2n) is 4.04. The number of aliphatic hydroxyl groups excluding tert-OH is 1. The summed E-state index contributed by atoms with van der Waals surface area (Å²) in [6.07, 6.45) is 3.19. The van der Waals surface area contributed by atoms with Crippen LogP contribution >= 0.6 is 0 Å². The molecular weight excluding hydrogens is 212 g/mol. The van der Waals surface area contributed by atoms with Crippen molar-refractivity contribution >= 4 is 0 Å².